The zero-order valence-electron chi connectivity index (χ0n) is 15.6. The molecule has 1 atom stereocenters. The van der Waals surface area contributed by atoms with Gasteiger partial charge in [-0.15, -0.1) is 5.10 Å². The van der Waals surface area contributed by atoms with E-state index < -0.39 is 0 Å². The number of aryl methyl sites for hydroxylation is 1. The van der Waals surface area contributed by atoms with Crippen molar-refractivity contribution in [1.82, 2.24) is 30.3 Å². The lowest BCUT2D eigenvalue weighted by atomic mass is 10.2. The van der Waals surface area contributed by atoms with Crippen molar-refractivity contribution in [3.63, 3.8) is 0 Å². The monoisotopic (exact) mass is 394 g/mol. The van der Waals surface area contributed by atoms with Gasteiger partial charge in [0, 0.05) is 5.56 Å². The molecule has 8 nitrogen and oxygen atoms in total. The quantitative estimate of drug-likeness (QED) is 0.455. The molecule has 0 fully saturated rings. The van der Waals surface area contributed by atoms with E-state index in [1.54, 1.807) is 11.8 Å². The maximum absolute atomic E-state index is 5.45. The lowest BCUT2D eigenvalue weighted by molar-refractivity contribution is 0.380. The number of thioether (sulfide) groups is 1. The van der Waals surface area contributed by atoms with Crippen LogP contribution in [0, 0.1) is 6.92 Å². The van der Waals surface area contributed by atoms with E-state index in [-0.39, 0.29) is 5.25 Å². The Hall–Kier alpha value is -3.20. The van der Waals surface area contributed by atoms with Crippen LogP contribution in [0.3, 0.4) is 0 Å². The summed E-state index contributed by atoms with van der Waals surface area (Å²) >= 11 is 1.43. The van der Waals surface area contributed by atoms with Gasteiger partial charge in [0.2, 0.25) is 16.9 Å². The minimum Gasteiger partial charge on any atom is -0.494 e. The molecule has 0 amide bonds. The Morgan fingerprint density at radius 2 is 1.96 bits per heavy atom. The molecule has 0 aliphatic heterocycles. The van der Waals surface area contributed by atoms with Crippen LogP contribution in [0.2, 0.25) is 0 Å². The highest BCUT2D eigenvalue weighted by Gasteiger charge is 2.21. The Bertz CT molecular complexity index is 1080. The van der Waals surface area contributed by atoms with Crippen LogP contribution in [-0.4, -0.2) is 37.5 Å². The lowest BCUT2D eigenvalue weighted by Gasteiger charge is -2.11. The second-order valence-corrected chi connectivity index (χ2v) is 7.44. The molecule has 28 heavy (non-hydrogen) atoms. The van der Waals surface area contributed by atoms with Gasteiger partial charge in [-0.1, -0.05) is 53.3 Å². The van der Waals surface area contributed by atoms with Crippen molar-refractivity contribution in [1.29, 1.82) is 0 Å². The van der Waals surface area contributed by atoms with Gasteiger partial charge in [0.25, 0.3) is 0 Å². The summed E-state index contributed by atoms with van der Waals surface area (Å²) in [7, 11) is 1.62. The Balaban J connectivity index is 1.59. The van der Waals surface area contributed by atoms with Crippen molar-refractivity contribution >= 4 is 11.8 Å². The van der Waals surface area contributed by atoms with Gasteiger partial charge in [0.1, 0.15) is 11.4 Å². The van der Waals surface area contributed by atoms with Crippen LogP contribution in [0.4, 0.5) is 0 Å². The van der Waals surface area contributed by atoms with Gasteiger partial charge in [-0.25, -0.2) is 0 Å². The Morgan fingerprint density at radius 1 is 1.14 bits per heavy atom. The fourth-order valence-electron chi connectivity index (χ4n) is 2.68. The summed E-state index contributed by atoms with van der Waals surface area (Å²) in [5, 5.41) is 16.6. The Kier molecular flexibility index (Phi) is 5.07. The Morgan fingerprint density at radius 3 is 2.75 bits per heavy atom. The maximum atomic E-state index is 5.45. The SMILES string of the molecule is COc1ccc(C)cc1-n1nnnc1SC(C)c1nc(-c2ccccc2)no1. The number of methoxy groups -OCH3 is 1. The number of benzene rings is 2. The smallest absolute Gasteiger partial charge is 0.240 e. The molecule has 2 heterocycles. The highest BCUT2D eigenvalue weighted by molar-refractivity contribution is 7.99. The van der Waals surface area contributed by atoms with Gasteiger partial charge in [-0.05, 0) is 42.0 Å². The summed E-state index contributed by atoms with van der Waals surface area (Å²) in [4.78, 5) is 4.51. The molecule has 9 heteroatoms. The third-order valence-corrected chi connectivity index (χ3v) is 5.13. The minimum absolute atomic E-state index is 0.134. The zero-order valence-corrected chi connectivity index (χ0v) is 16.4. The Labute approximate surface area is 165 Å². The highest BCUT2D eigenvalue weighted by Crippen LogP contribution is 2.35. The number of hydrogen-bond donors (Lipinski definition) is 0. The standard InChI is InChI=1S/C19H18N6O2S/c1-12-9-10-16(26-3)15(11-12)25-19(21-23-24-25)28-13(2)18-20-17(22-27-18)14-7-5-4-6-8-14/h4-11,13H,1-3H3. The molecular formula is C19H18N6O2S. The first kappa shape index (κ1) is 18.2. The van der Waals surface area contributed by atoms with Gasteiger partial charge in [-0.3, -0.25) is 0 Å². The van der Waals surface area contributed by atoms with Crippen LogP contribution in [0.5, 0.6) is 5.75 Å². The third kappa shape index (κ3) is 3.61. The molecule has 0 aliphatic rings. The molecule has 1 unspecified atom stereocenters. The van der Waals surface area contributed by atoms with Gasteiger partial charge >= 0.3 is 0 Å². The van der Waals surface area contributed by atoms with Crippen molar-refractivity contribution < 1.29 is 9.26 Å². The average Bonchev–Trinajstić information content (AvgIpc) is 3.38. The molecule has 4 rings (SSSR count). The van der Waals surface area contributed by atoms with Crippen molar-refractivity contribution in [2.45, 2.75) is 24.3 Å². The van der Waals surface area contributed by atoms with E-state index in [0.717, 1.165) is 16.8 Å². The van der Waals surface area contributed by atoms with Crippen LogP contribution in [-0.2, 0) is 0 Å². The molecule has 0 aliphatic carbocycles. The zero-order chi connectivity index (χ0) is 19.5. The summed E-state index contributed by atoms with van der Waals surface area (Å²) in [6.07, 6.45) is 0. The van der Waals surface area contributed by atoms with E-state index in [1.165, 1.54) is 11.8 Å². The molecule has 2 aromatic carbocycles. The number of ether oxygens (including phenoxy) is 1. The van der Waals surface area contributed by atoms with Gasteiger partial charge in [-0.2, -0.15) is 9.67 Å². The maximum Gasteiger partial charge on any atom is 0.240 e. The lowest BCUT2D eigenvalue weighted by Crippen LogP contribution is -2.03. The summed E-state index contributed by atoms with van der Waals surface area (Å²) in [5.41, 5.74) is 2.77. The van der Waals surface area contributed by atoms with Crippen molar-refractivity contribution in [3.8, 4) is 22.8 Å². The molecule has 0 bridgehead atoms. The molecule has 0 radical (unpaired) electrons. The van der Waals surface area contributed by atoms with E-state index in [0.29, 0.717) is 22.6 Å². The molecule has 0 N–H and O–H groups in total. The van der Waals surface area contributed by atoms with E-state index in [1.807, 2.05) is 62.4 Å². The van der Waals surface area contributed by atoms with E-state index >= 15 is 0 Å². The van der Waals surface area contributed by atoms with Crippen molar-refractivity contribution in [2.75, 3.05) is 7.11 Å². The fourth-order valence-corrected chi connectivity index (χ4v) is 3.51. The van der Waals surface area contributed by atoms with Crippen LogP contribution >= 0.6 is 11.8 Å². The highest BCUT2D eigenvalue weighted by atomic mass is 32.2. The van der Waals surface area contributed by atoms with Gasteiger partial charge in [0.15, 0.2) is 0 Å². The summed E-state index contributed by atoms with van der Waals surface area (Å²) in [5.74, 6) is 1.76. The molecule has 0 saturated heterocycles. The van der Waals surface area contributed by atoms with Crippen molar-refractivity contribution in [2.24, 2.45) is 0 Å². The molecule has 2 aromatic heterocycles. The summed E-state index contributed by atoms with van der Waals surface area (Å²) in [6.45, 7) is 3.98. The van der Waals surface area contributed by atoms with Crippen LogP contribution in [0.1, 0.15) is 23.6 Å². The number of nitrogens with zero attached hydrogens (tertiary/aromatic N) is 6. The summed E-state index contributed by atoms with van der Waals surface area (Å²) < 4.78 is 12.6. The van der Waals surface area contributed by atoms with Crippen LogP contribution < -0.4 is 4.74 Å². The predicted octanol–water partition coefficient (Wildman–Crippen LogP) is 3.88. The molecule has 0 spiro atoms. The van der Waals surface area contributed by atoms with Gasteiger partial charge in [0.05, 0.1) is 12.4 Å². The summed E-state index contributed by atoms with van der Waals surface area (Å²) in [6, 6.07) is 15.6. The second kappa shape index (κ2) is 7.81. The van der Waals surface area contributed by atoms with E-state index in [2.05, 4.69) is 25.7 Å². The number of rotatable bonds is 6. The third-order valence-electron chi connectivity index (χ3n) is 4.11. The van der Waals surface area contributed by atoms with Crippen molar-refractivity contribution in [3.05, 3.63) is 60.0 Å². The molecular weight excluding hydrogens is 376 g/mol. The first-order chi connectivity index (χ1) is 13.7. The average molecular weight is 394 g/mol. The first-order valence-electron chi connectivity index (χ1n) is 8.65. The predicted molar refractivity (Wildman–Crippen MR) is 104 cm³/mol. The molecule has 4 aromatic rings. The van der Waals surface area contributed by atoms with E-state index in [4.69, 9.17) is 9.26 Å². The second-order valence-electron chi connectivity index (χ2n) is 6.13. The first-order valence-corrected chi connectivity index (χ1v) is 9.52. The van der Waals surface area contributed by atoms with Gasteiger partial charge < -0.3 is 9.26 Å². The largest absolute Gasteiger partial charge is 0.494 e. The topological polar surface area (TPSA) is 91.8 Å². The normalized spacial score (nSPS) is 12.1. The van der Waals surface area contributed by atoms with E-state index in [9.17, 15) is 0 Å². The number of tetrazole rings is 1. The number of hydrogen-bond acceptors (Lipinski definition) is 8. The fraction of sp³-hybridized carbons (Fsp3) is 0.211. The van der Waals surface area contributed by atoms with Crippen LogP contribution in [0.25, 0.3) is 17.1 Å². The number of aromatic nitrogens is 6. The molecule has 0 saturated carbocycles. The van der Waals surface area contributed by atoms with Crippen LogP contribution in [0.15, 0.2) is 58.2 Å². The minimum atomic E-state index is -0.134. The molecule has 142 valence electrons.